The highest BCUT2D eigenvalue weighted by Crippen LogP contribution is 2.54. The lowest BCUT2D eigenvalue weighted by molar-refractivity contribution is 0.418. The summed E-state index contributed by atoms with van der Waals surface area (Å²) in [4.78, 5) is 0. The summed E-state index contributed by atoms with van der Waals surface area (Å²) in [5.41, 5.74) is 4.87. The Morgan fingerprint density at radius 2 is 1.52 bits per heavy atom. The Balaban J connectivity index is 3.18. The minimum atomic E-state index is -1.37. The predicted molar refractivity (Wildman–Crippen MR) is 114 cm³/mol. The topological polar surface area (TPSA) is 0 Å². The lowest BCUT2D eigenvalue weighted by atomic mass is 9.86. The zero-order valence-corrected chi connectivity index (χ0v) is 18.9. The lowest BCUT2D eigenvalue weighted by Crippen LogP contribution is -2.32. The Bertz CT molecular complexity index is 566. The van der Waals surface area contributed by atoms with E-state index in [4.69, 9.17) is 0 Å². The largest absolute Gasteiger partial charge is 0.130 e. The zero-order valence-electron chi connectivity index (χ0n) is 16.3. The van der Waals surface area contributed by atoms with Crippen LogP contribution in [0.1, 0.15) is 41.5 Å². The molecule has 1 saturated heterocycles. The van der Waals surface area contributed by atoms with Gasteiger partial charge in [-0.25, -0.2) is 0 Å². The lowest BCUT2D eigenvalue weighted by Gasteiger charge is -2.35. The van der Waals surface area contributed by atoms with E-state index in [1.54, 1.807) is 0 Å². The highest BCUT2D eigenvalue weighted by atomic mass is 32.2. The van der Waals surface area contributed by atoms with Gasteiger partial charge in [-0.3, -0.25) is 0 Å². The summed E-state index contributed by atoms with van der Waals surface area (Å²) in [5.74, 6) is 12.8. The van der Waals surface area contributed by atoms with Crippen LogP contribution in [0, 0.1) is 34.1 Å². The van der Waals surface area contributed by atoms with E-state index in [2.05, 4.69) is 90.6 Å². The molecule has 0 unspecified atom stereocenters. The van der Waals surface area contributed by atoms with Crippen molar-refractivity contribution >= 4 is 31.6 Å². The van der Waals surface area contributed by atoms with Crippen LogP contribution in [0.4, 0.5) is 0 Å². The van der Waals surface area contributed by atoms with Crippen LogP contribution in [0.3, 0.4) is 0 Å². The smallest absolute Gasteiger partial charge is 0.129 e. The minimum absolute atomic E-state index is 0.0126. The molecular formula is C20H32S2Si. The summed E-state index contributed by atoms with van der Waals surface area (Å²) >= 11 is 4.01. The van der Waals surface area contributed by atoms with Gasteiger partial charge in [0.25, 0.3) is 0 Å². The molecule has 0 aromatic carbocycles. The van der Waals surface area contributed by atoms with Gasteiger partial charge in [-0.2, -0.15) is 0 Å². The van der Waals surface area contributed by atoms with Crippen LogP contribution in [0.25, 0.3) is 0 Å². The number of hydrogen-bond donors (Lipinski definition) is 0. The Hall–Kier alpha value is -0.223. The molecule has 0 nitrogen and oxygen atoms in total. The van der Waals surface area contributed by atoms with Gasteiger partial charge in [0.1, 0.15) is 12.2 Å². The van der Waals surface area contributed by atoms with Crippen molar-refractivity contribution in [3.05, 3.63) is 11.6 Å². The molecule has 1 heterocycles. The van der Waals surface area contributed by atoms with Gasteiger partial charge >= 0.3 is 0 Å². The van der Waals surface area contributed by atoms with Crippen molar-refractivity contribution in [3.63, 3.8) is 0 Å². The first-order valence-corrected chi connectivity index (χ1v) is 13.8. The molecule has 0 radical (unpaired) electrons. The van der Waals surface area contributed by atoms with E-state index in [9.17, 15) is 0 Å². The van der Waals surface area contributed by atoms with E-state index in [1.807, 2.05) is 23.5 Å². The quantitative estimate of drug-likeness (QED) is 0.378. The molecule has 0 bridgehead atoms. The molecule has 0 saturated carbocycles. The normalized spacial score (nSPS) is 18.7. The van der Waals surface area contributed by atoms with Gasteiger partial charge in [-0.1, -0.05) is 78.9 Å². The molecule has 3 heteroatoms. The number of thioether (sulfide) groups is 2. The van der Waals surface area contributed by atoms with E-state index >= 15 is 0 Å². The minimum Gasteiger partial charge on any atom is -0.130 e. The fourth-order valence-corrected chi connectivity index (χ4v) is 5.72. The van der Waals surface area contributed by atoms with Gasteiger partial charge in [-0.15, -0.1) is 29.1 Å². The zero-order chi connectivity index (χ0) is 17.9. The molecule has 128 valence electrons. The van der Waals surface area contributed by atoms with E-state index < -0.39 is 8.07 Å². The maximum absolute atomic E-state index is 3.58. The van der Waals surface area contributed by atoms with Gasteiger partial charge in [0, 0.05) is 23.2 Å². The number of allylic oxidation sites excluding steroid dienone is 2. The number of rotatable bonds is 0. The molecule has 1 fully saturated rings. The third-order valence-corrected chi connectivity index (χ3v) is 8.41. The average molecular weight is 365 g/mol. The van der Waals surface area contributed by atoms with E-state index in [0.29, 0.717) is 0 Å². The number of hydrogen-bond acceptors (Lipinski definition) is 2. The summed E-state index contributed by atoms with van der Waals surface area (Å²) in [7, 11) is -1.37. The fraction of sp³-hybridized carbons (Fsp3) is 0.700. The van der Waals surface area contributed by atoms with E-state index in [0.717, 1.165) is 5.57 Å². The standard InChI is InChI=1S/C20H32S2Si/c1-18(2,3)17(12-16-23(7,8)9)11-10-13-20(19(4,5)6)21-14-15-22-20/h11H,14-15H2,1-9H3/b17-11+. The molecule has 0 aliphatic carbocycles. The maximum Gasteiger partial charge on any atom is 0.129 e. The molecule has 0 aromatic heterocycles. The average Bonchev–Trinajstić information content (AvgIpc) is 2.79. The Morgan fingerprint density at radius 1 is 1.00 bits per heavy atom. The summed E-state index contributed by atoms with van der Waals surface area (Å²) in [6.45, 7) is 20.4. The van der Waals surface area contributed by atoms with Crippen molar-refractivity contribution < 1.29 is 0 Å². The molecular weight excluding hydrogens is 332 g/mol. The SMILES string of the molecule is CC(C)(C)/C(C#C[Si](C)(C)C)=C/C#CC1(C(C)(C)C)SCCS1. The second kappa shape index (κ2) is 7.34. The third kappa shape index (κ3) is 6.30. The predicted octanol–water partition coefficient (Wildman–Crippen LogP) is 6.07. The molecule has 0 amide bonds. The van der Waals surface area contributed by atoms with Crippen LogP contribution in [0.5, 0.6) is 0 Å². The monoisotopic (exact) mass is 364 g/mol. The maximum atomic E-state index is 3.58. The summed E-state index contributed by atoms with van der Waals surface area (Å²) in [6.07, 6.45) is 2.07. The van der Waals surface area contributed by atoms with Crippen molar-refractivity contribution in [2.24, 2.45) is 10.8 Å². The third-order valence-electron chi connectivity index (χ3n) is 3.51. The summed E-state index contributed by atoms with van der Waals surface area (Å²) in [5, 5.41) is 0. The van der Waals surface area contributed by atoms with E-state index in [1.165, 1.54) is 11.5 Å². The second-order valence-electron chi connectivity index (χ2n) is 9.14. The van der Waals surface area contributed by atoms with Crippen LogP contribution in [-0.2, 0) is 0 Å². The van der Waals surface area contributed by atoms with Crippen molar-refractivity contribution in [2.45, 2.75) is 65.3 Å². The van der Waals surface area contributed by atoms with Gasteiger partial charge < -0.3 is 0 Å². The first-order valence-electron chi connectivity index (χ1n) is 8.31. The van der Waals surface area contributed by atoms with E-state index in [-0.39, 0.29) is 14.9 Å². The van der Waals surface area contributed by atoms with Crippen molar-refractivity contribution in [3.8, 4) is 23.3 Å². The molecule has 0 atom stereocenters. The highest BCUT2D eigenvalue weighted by Gasteiger charge is 2.44. The molecule has 0 spiro atoms. The Labute approximate surface area is 154 Å². The van der Waals surface area contributed by atoms with Gasteiger partial charge in [-0.05, 0) is 10.8 Å². The van der Waals surface area contributed by atoms with Crippen molar-refractivity contribution in [1.82, 2.24) is 0 Å². The highest BCUT2D eigenvalue weighted by molar-refractivity contribution is 8.21. The van der Waals surface area contributed by atoms with Crippen LogP contribution in [0.15, 0.2) is 11.6 Å². The van der Waals surface area contributed by atoms with Gasteiger partial charge in [0.2, 0.25) is 0 Å². The Morgan fingerprint density at radius 3 is 1.91 bits per heavy atom. The summed E-state index contributed by atoms with van der Waals surface area (Å²) in [6, 6.07) is 0. The second-order valence-corrected chi connectivity index (χ2v) is 16.8. The fourth-order valence-electron chi connectivity index (χ4n) is 2.00. The summed E-state index contributed by atoms with van der Waals surface area (Å²) < 4.78 is 0.0126. The van der Waals surface area contributed by atoms with Crippen LogP contribution >= 0.6 is 23.5 Å². The first-order chi connectivity index (χ1) is 10.3. The van der Waals surface area contributed by atoms with Gasteiger partial charge in [0.15, 0.2) is 0 Å². The first kappa shape index (κ1) is 20.8. The van der Waals surface area contributed by atoms with Crippen molar-refractivity contribution in [1.29, 1.82) is 0 Å². The Kier molecular flexibility index (Phi) is 6.65. The van der Waals surface area contributed by atoms with Crippen LogP contribution < -0.4 is 0 Å². The molecule has 1 rings (SSSR count). The molecule has 0 N–H and O–H groups in total. The molecule has 0 aromatic rings. The molecule has 23 heavy (non-hydrogen) atoms. The van der Waals surface area contributed by atoms with Crippen LogP contribution in [-0.4, -0.2) is 23.7 Å². The van der Waals surface area contributed by atoms with Crippen LogP contribution in [0.2, 0.25) is 19.6 Å². The van der Waals surface area contributed by atoms with Gasteiger partial charge in [0.05, 0.1) is 0 Å². The molecule has 1 aliphatic heterocycles. The molecule has 1 aliphatic rings. The van der Waals surface area contributed by atoms with Crippen molar-refractivity contribution in [2.75, 3.05) is 11.5 Å².